The molecule has 0 unspecified atom stereocenters. The summed E-state index contributed by atoms with van der Waals surface area (Å²) in [5, 5.41) is 32.8. The maximum atomic E-state index is 9.66. The smallest absolute Gasteiger partial charge is 0.170 e. The summed E-state index contributed by atoms with van der Waals surface area (Å²) in [5.41, 5.74) is 4.30. The van der Waals surface area contributed by atoms with E-state index < -0.39 is 0 Å². The zero-order chi connectivity index (χ0) is 15.3. The van der Waals surface area contributed by atoms with Gasteiger partial charge in [-0.3, -0.25) is 0 Å². The molecule has 5 nitrogen and oxygen atoms in total. The third-order valence-electron chi connectivity index (χ3n) is 4.01. The Kier molecular flexibility index (Phi) is 2.63. The molecule has 22 heavy (non-hydrogen) atoms. The van der Waals surface area contributed by atoms with Crippen LogP contribution in [0.25, 0.3) is 22.6 Å². The first-order valence-corrected chi connectivity index (χ1v) is 6.96. The summed E-state index contributed by atoms with van der Waals surface area (Å²) >= 11 is 0. The first kappa shape index (κ1) is 12.8. The molecule has 0 aliphatic heterocycles. The summed E-state index contributed by atoms with van der Waals surface area (Å²) in [6.07, 6.45) is 1.53. The number of phenols is 3. The van der Waals surface area contributed by atoms with E-state index in [-0.39, 0.29) is 17.2 Å². The van der Waals surface area contributed by atoms with E-state index in [0.717, 1.165) is 29.5 Å². The second kappa shape index (κ2) is 4.53. The lowest BCUT2D eigenvalue weighted by Crippen LogP contribution is -2.02. The van der Waals surface area contributed by atoms with Gasteiger partial charge in [0.15, 0.2) is 17.3 Å². The summed E-state index contributed by atoms with van der Waals surface area (Å²) in [7, 11) is 0. The number of aryl methyl sites for hydroxylation is 1. The zero-order valence-corrected chi connectivity index (χ0v) is 11.6. The Bertz CT molecular complexity index is 882. The fourth-order valence-corrected chi connectivity index (χ4v) is 2.92. The molecule has 0 amide bonds. The Morgan fingerprint density at radius 3 is 2.59 bits per heavy atom. The average molecular weight is 295 g/mol. The van der Waals surface area contributed by atoms with Gasteiger partial charge in [0.05, 0.1) is 0 Å². The molecule has 1 aromatic heterocycles. The number of aromatic hydroxyl groups is 3. The number of hydrogen-bond acceptors (Lipinski definition) is 5. The number of nitrogens with zero attached hydrogens (tertiary/aromatic N) is 1. The summed E-state index contributed by atoms with van der Waals surface area (Å²) in [4.78, 5) is 0. The molecule has 0 radical (unpaired) electrons. The molecule has 110 valence electrons. The van der Waals surface area contributed by atoms with E-state index in [2.05, 4.69) is 5.16 Å². The SMILES string of the molecule is Oc1ccc2c(c1)CCc1c(-c3ccc(O)c(O)c3)noc1-2. The predicted molar refractivity (Wildman–Crippen MR) is 79.8 cm³/mol. The Hall–Kier alpha value is -2.95. The van der Waals surface area contributed by atoms with Crippen LogP contribution < -0.4 is 0 Å². The van der Waals surface area contributed by atoms with Gasteiger partial charge in [-0.1, -0.05) is 5.16 Å². The first-order chi connectivity index (χ1) is 10.6. The fourth-order valence-electron chi connectivity index (χ4n) is 2.92. The molecule has 5 heteroatoms. The molecular weight excluding hydrogens is 282 g/mol. The zero-order valence-electron chi connectivity index (χ0n) is 11.6. The van der Waals surface area contributed by atoms with Gasteiger partial charge >= 0.3 is 0 Å². The van der Waals surface area contributed by atoms with Crippen molar-refractivity contribution in [2.75, 3.05) is 0 Å². The van der Waals surface area contributed by atoms with Crippen LogP contribution in [0, 0.1) is 0 Å². The molecule has 2 aromatic carbocycles. The second-order valence-corrected chi connectivity index (χ2v) is 5.38. The Morgan fingerprint density at radius 2 is 1.77 bits per heavy atom. The number of rotatable bonds is 1. The molecule has 1 heterocycles. The van der Waals surface area contributed by atoms with Crippen molar-refractivity contribution in [2.24, 2.45) is 0 Å². The van der Waals surface area contributed by atoms with E-state index in [1.165, 1.54) is 12.1 Å². The summed E-state index contributed by atoms with van der Waals surface area (Å²) < 4.78 is 5.50. The average Bonchev–Trinajstić information content (AvgIpc) is 2.94. The highest BCUT2D eigenvalue weighted by atomic mass is 16.5. The van der Waals surface area contributed by atoms with Crippen molar-refractivity contribution in [3.63, 3.8) is 0 Å². The number of benzene rings is 2. The van der Waals surface area contributed by atoms with Crippen LogP contribution in [0.2, 0.25) is 0 Å². The van der Waals surface area contributed by atoms with Gasteiger partial charge in [0.25, 0.3) is 0 Å². The summed E-state index contributed by atoms with van der Waals surface area (Å²) in [6, 6.07) is 9.79. The topological polar surface area (TPSA) is 86.7 Å². The number of fused-ring (bicyclic) bond motifs is 3. The Balaban J connectivity index is 1.86. The van der Waals surface area contributed by atoms with Crippen molar-refractivity contribution in [3.8, 4) is 39.8 Å². The molecule has 3 N–H and O–H groups in total. The third-order valence-corrected chi connectivity index (χ3v) is 4.01. The summed E-state index contributed by atoms with van der Waals surface area (Å²) in [5.74, 6) is 0.589. The van der Waals surface area contributed by atoms with Crippen LogP contribution >= 0.6 is 0 Å². The fraction of sp³-hybridized carbons (Fsp3) is 0.118. The van der Waals surface area contributed by atoms with Gasteiger partial charge in [-0.25, -0.2) is 0 Å². The highest BCUT2D eigenvalue weighted by molar-refractivity contribution is 5.77. The van der Waals surface area contributed by atoms with Gasteiger partial charge in [0.1, 0.15) is 11.4 Å². The Labute approximate surface area is 126 Å². The lowest BCUT2D eigenvalue weighted by Gasteiger charge is -2.15. The van der Waals surface area contributed by atoms with Crippen molar-refractivity contribution >= 4 is 0 Å². The molecule has 0 atom stereocenters. The molecular formula is C17H13NO4. The highest BCUT2D eigenvalue weighted by Gasteiger charge is 2.25. The third kappa shape index (κ3) is 1.83. The van der Waals surface area contributed by atoms with E-state index in [0.29, 0.717) is 17.0 Å². The van der Waals surface area contributed by atoms with Gasteiger partial charge in [0, 0.05) is 16.7 Å². The molecule has 0 saturated heterocycles. The van der Waals surface area contributed by atoms with E-state index in [4.69, 9.17) is 4.52 Å². The molecule has 1 aliphatic carbocycles. The van der Waals surface area contributed by atoms with Gasteiger partial charge in [-0.2, -0.15) is 0 Å². The number of hydrogen-bond donors (Lipinski definition) is 3. The molecule has 0 spiro atoms. The standard InChI is InChI=1S/C17H13NO4/c19-11-3-5-12-9(7-11)1-4-13-16(18-22-17(12)13)10-2-6-14(20)15(21)8-10/h2-3,5-8,19-21H,1,4H2. The van der Waals surface area contributed by atoms with Crippen molar-refractivity contribution in [3.05, 3.63) is 47.5 Å². The molecule has 0 bridgehead atoms. The lowest BCUT2D eigenvalue weighted by atomic mass is 9.88. The van der Waals surface area contributed by atoms with Crippen LogP contribution in [0.3, 0.4) is 0 Å². The van der Waals surface area contributed by atoms with Gasteiger partial charge in [-0.15, -0.1) is 0 Å². The quantitative estimate of drug-likeness (QED) is 0.600. The predicted octanol–water partition coefficient (Wildman–Crippen LogP) is 3.22. The van der Waals surface area contributed by atoms with Crippen molar-refractivity contribution < 1.29 is 19.8 Å². The van der Waals surface area contributed by atoms with Crippen LogP contribution in [0.1, 0.15) is 11.1 Å². The molecule has 0 fully saturated rings. The molecule has 1 aliphatic rings. The minimum Gasteiger partial charge on any atom is -0.508 e. The number of phenolic OH excluding ortho intramolecular Hbond substituents is 3. The first-order valence-electron chi connectivity index (χ1n) is 6.96. The maximum absolute atomic E-state index is 9.66. The monoisotopic (exact) mass is 295 g/mol. The van der Waals surface area contributed by atoms with Crippen LogP contribution in [0.4, 0.5) is 0 Å². The van der Waals surface area contributed by atoms with Gasteiger partial charge < -0.3 is 19.8 Å². The maximum Gasteiger partial charge on any atom is 0.170 e. The normalized spacial score (nSPS) is 12.7. The minimum absolute atomic E-state index is 0.165. The Morgan fingerprint density at radius 1 is 0.909 bits per heavy atom. The van der Waals surface area contributed by atoms with E-state index in [1.807, 2.05) is 6.07 Å². The lowest BCUT2D eigenvalue weighted by molar-refractivity contribution is 0.404. The van der Waals surface area contributed by atoms with Crippen molar-refractivity contribution in [1.29, 1.82) is 0 Å². The minimum atomic E-state index is -0.185. The van der Waals surface area contributed by atoms with Gasteiger partial charge in [-0.05, 0) is 54.8 Å². The van der Waals surface area contributed by atoms with Crippen LogP contribution in [-0.2, 0) is 12.8 Å². The van der Waals surface area contributed by atoms with Crippen molar-refractivity contribution in [1.82, 2.24) is 5.16 Å². The second-order valence-electron chi connectivity index (χ2n) is 5.38. The van der Waals surface area contributed by atoms with E-state index in [9.17, 15) is 15.3 Å². The molecule has 0 saturated carbocycles. The van der Waals surface area contributed by atoms with Crippen LogP contribution in [-0.4, -0.2) is 20.5 Å². The van der Waals surface area contributed by atoms with Gasteiger partial charge in [0.2, 0.25) is 0 Å². The molecule has 3 aromatic rings. The molecule has 4 rings (SSSR count). The van der Waals surface area contributed by atoms with Crippen LogP contribution in [0.5, 0.6) is 17.2 Å². The van der Waals surface area contributed by atoms with Crippen molar-refractivity contribution in [2.45, 2.75) is 12.8 Å². The van der Waals surface area contributed by atoms with Crippen LogP contribution in [0.15, 0.2) is 40.9 Å². The largest absolute Gasteiger partial charge is 0.508 e. The number of aromatic nitrogens is 1. The van der Waals surface area contributed by atoms with E-state index in [1.54, 1.807) is 18.2 Å². The highest BCUT2D eigenvalue weighted by Crippen LogP contribution is 2.41. The summed E-state index contributed by atoms with van der Waals surface area (Å²) in [6.45, 7) is 0. The van der Waals surface area contributed by atoms with E-state index >= 15 is 0 Å².